The second-order valence-electron chi connectivity index (χ2n) is 7.28. The maximum atomic E-state index is 12.7. The van der Waals surface area contributed by atoms with Crippen molar-refractivity contribution in [2.75, 3.05) is 16.8 Å². The molecule has 0 bridgehead atoms. The van der Waals surface area contributed by atoms with Crippen molar-refractivity contribution in [3.05, 3.63) is 70.4 Å². The summed E-state index contributed by atoms with van der Waals surface area (Å²) in [5, 5.41) is 13.5. The number of nitro benzene ring substituents is 1. The lowest BCUT2D eigenvalue weighted by Crippen LogP contribution is -2.23. The molecule has 0 unspecified atom stereocenters. The van der Waals surface area contributed by atoms with E-state index in [9.17, 15) is 28.1 Å². The molecule has 1 N–H and O–H groups in total. The fourth-order valence-electron chi connectivity index (χ4n) is 3.37. The summed E-state index contributed by atoms with van der Waals surface area (Å²) in [6.45, 7) is 0.688. The van der Waals surface area contributed by atoms with Crippen LogP contribution in [0.3, 0.4) is 0 Å². The minimum atomic E-state index is -3.92. The molecule has 2 aromatic carbocycles. The van der Waals surface area contributed by atoms with Crippen LogP contribution in [0.5, 0.6) is 0 Å². The minimum Gasteiger partial charge on any atom is -0.312 e. The van der Waals surface area contributed by atoms with E-state index in [1.807, 2.05) is 0 Å². The van der Waals surface area contributed by atoms with E-state index >= 15 is 0 Å². The fourth-order valence-corrected chi connectivity index (χ4v) is 5.82. The number of hydrogen-bond acceptors (Lipinski definition) is 8. The van der Waals surface area contributed by atoms with Gasteiger partial charge in [0.1, 0.15) is 4.21 Å². The van der Waals surface area contributed by atoms with E-state index in [4.69, 9.17) is 0 Å². The molecule has 0 radical (unpaired) electrons. The maximum Gasteiger partial charge on any atom is 0.269 e. The second kappa shape index (κ2) is 9.08. The summed E-state index contributed by atoms with van der Waals surface area (Å²) in [4.78, 5) is 39.9. The predicted molar refractivity (Wildman–Crippen MR) is 121 cm³/mol. The molecule has 1 aliphatic heterocycles. The molecule has 170 valence electrons. The largest absolute Gasteiger partial charge is 0.312 e. The van der Waals surface area contributed by atoms with Gasteiger partial charge in [-0.3, -0.25) is 19.7 Å². The first-order valence-electron chi connectivity index (χ1n) is 9.88. The summed E-state index contributed by atoms with van der Waals surface area (Å²) in [5.41, 5.74) is 1.31. The van der Waals surface area contributed by atoms with E-state index in [0.29, 0.717) is 13.0 Å². The number of amides is 2. The highest BCUT2D eigenvalue weighted by molar-refractivity contribution is 7.93. The van der Waals surface area contributed by atoms with Crippen LogP contribution in [0.1, 0.15) is 18.4 Å². The van der Waals surface area contributed by atoms with Gasteiger partial charge in [-0.15, -0.1) is 0 Å². The average molecular weight is 487 g/mol. The zero-order chi connectivity index (χ0) is 23.6. The maximum absolute atomic E-state index is 12.7. The molecule has 0 atom stereocenters. The first-order chi connectivity index (χ1) is 15.7. The number of hydrogen-bond donors (Lipinski definition) is 1. The van der Waals surface area contributed by atoms with Crippen LogP contribution in [-0.4, -0.2) is 36.7 Å². The van der Waals surface area contributed by atoms with Gasteiger partial charge >= 0.3 is 0 Å². The first-order valence-corrected chi connectivity index (χ1v) is 12.2. The highest BCUT2D eigenvalue weighted by atomic mass is 32.2. The number of anilines is 2. The number of nitrogens with one attached hydrogen (secondary N) is 1. The first kappa shape index (κ1) is 22.6. The molecule has 10 nitrogen and oxygen atoms in total. The molecule has 1 fully saturated rings. The van der Waals surface area contributed by atoms with Gasteiger partial charge in [0.15, 0.2) is 5.13 Å². The van der Waals surface area contributed by atoms with Crippen LogP contribution in [0.2, 0.25) is 0 Å². The van der Waals surface area contributed by atoms with Crippen LogP contribution in [0.4, 0.5) is 16.5 Å². The Morgan fingerprint density at radius 2 is 1.85 bits per heavy atom. The molecule has 4 rings (SSSR count). The van der Waals surface area contributed by atoms with E-state index in [1.165, 1.54) is 0 Å². The minimum absolute atomic E-state index is 0.0538. The van der Waals surface area contributed by atoms with E-state index in [-0.39, 0.29) is 38.2 Å². The van der Waals surface area contributed by atoms with Crippen LogP contribution >= 0.6 is 11.3 Å². The number of thiazole rings is 1. The van der Waals surface area contributed by atoms with Gasteiger partial charge in [0.05, 0.1) is 22.4 Å². The summed E-state index contributed by atoms with van der Waals surface area (Å²) in [6.07, 6.45) is 2.57. The summed E-state index contributed by atoms with van der Waals surface area (Å²) in [5.74, 6) is -0.280. The molecule has 1 aliphatic rings. The lowest BCUT2D eigenvalue weighted by atomic mass is 10.1. The summed E-state index contributed by atoms with van der Waals surface area (Å²) in [6, 6.07) is 11.7. The van der Waals surface area contributed by atoms with E-state index in [1.54, 1.807) is 29.2 Å². The molecule has 2 heterocycles. The lowest BCUT2D eigenvalue weighted by molar-refractivity contribution is -0.384. The number of sulfone groups is 1. The highest BCUT2D eigenvalue weighted by Gasteiger charge is 2.23. The third kappa shape index (κ3) is 4.91. The van der Waals surface area contributed by atoms with Gasteiger partial charge in [0.2, 0.25) is 21.7 Å². The lowest BCUT2D eigenvalue weighted by Gasteiger charge is -2.15. The molecular weight excluding hydrogens is 468 g/mol. The number of carbonyl (C=O) groups is 2. The number of nitrogens with zero attached hydrogens (tertiary/aromatic N) is 3. The molecule has 0 saturated carbocycles. The van der Waals surface area contributed by atoms with Gasteiger partial charge in [-0.2, -0.15) is 0 Å². The van der Waals surface area contributed by atoms with Crippen molar-refractivity contribution in [1.29, 1.82) is 0 Å². The molecule has 0 spiro atoms. The molecule has 1 aromatic heterocycles. The number of aromatic nitrogens is 1. The zero-order valence-electron chi connectivity index (χ0n) is 17.1. The van der Waals surface area contributed by atoms with Crippen molar-refractivity contribution in [3.8, 4) is 0 Å². The molecule has 0 aliphatic carbocycles. The Kier molecular flexibility index (Phi) is 6.20. The number of benzene rings is 2. The topological polar surface area (TPSA) is 140 Å². The number of carbonyl (C=O) groups excluding carboxylic acids is 2. The third-order valence-corrected chi connectivity index (χ3v) is 8.18. The SMILES string of the molecule is O=C(Cc1ccc(N2CCCC2=O)cc1)Nc1ncc(S(=O)(=O)c2ccc([N+](=O)[O-])cc2)s1. The Balaban J connectivity index is 1.40. The summed E-state index contributed by atoms with van der Waals surface area (Å²) in [7, 11) is -3.92. The zero-order valence-corrected chi connectivity index (χ0v) is 18.8. The van der Waals surface area contributed by atoms with Crippen molar-refractivity contribution < 1.29 is 22.9 Å². The van der Waals surface area contributed by atoms with Crippen LogP contribution in [0.15, 0.2) is 63.8 Å². The Bertz CT molecular complexity index is 1320. The smallest absolute Gasteiger partial charge is 0.269 e. The van der Waals surface area contributed by atoms with Crippen molar-refractivity contribution in [2.24, 2.45) is 0 Å². The number of nitro groups is 1. The predicted octanol–water partition coefficient (Wildman–Crippen LogP) is 3.19. The molecule has 1 saturated heterocycles. The van der Waals surface area contributed by atoms with Crippen molar-refractivity contribution in [2.45, 2.75) is 28.4 Å². The fraction of sp³-hybridized carbons (Fsp3) is 0.190. The molecule has 12 heteroatoms. The molecular formula is C21H18N4O6S2. The number of rotatable bonds is 7. The Labute approximate surface area is 193 Å². The Morgan fingerprint density at radius 3 is 2.45 bits per heavy atom. The van der Waals surface area contributed by atoms with Gasteiger partial charge in [0.25, 0.3) is 5.69 Å². The quantitative estimate of drug-likeness (QED) is 0.399. The molecule has 3 aromatic rings. The molecule has 2 amide bonds. The third-order valence-electron chi connectivity index (χ3n) is 5.04. The van der Waals surface area contributed by atoms with Gasteiger partial charge in [-0.1, -0.05) is 23.5 Å². The average Bonchev–Trinajstić information content (AvgIpc) is 3.44. The van der Waals surface area contributed by atoms with Crippen molar-refractivity contribution in [1.82, 2.24) is 4.98 Å². The number of non-ortho nitro benzene ring substituents is 1. The van der Waals surface area contributed by atoms with E-state index < -0.39 is 14.8 Å². The van der Waals surface area contributed by atoms with Crippen LogP contribution in [0.25, 0.3) is 0 Å². The van der Waals surface area contributed by atoms with E-state index in [0.717, 1.165) is 59.5 Å². The van der Waals surface area contributed by atoms with Gasteiger partial charge in [0, 0.05) is 30.8 Å². The van der Waals surface area contributed by atoms with Gasteiger partial charge in [-0.25, -0.2) is 13.4 Å². The molecule has 33 heavy (non-hydrogen) atoms. The van der Waals surface area contributed by atoms with Crippen LogP contribution in [-0.2, 0) is 25.8 Å². The normalized spacial score (nSPS) is 13.8. The van der Waals surface area contributed by atoms with E-state index in [2.05, 4.69) is 10.3 Å². The Morgan fingerprint density at radius 1 is 1.15 bits per heavy atom. The second-order valence-corrected chi connectivity index (χ2v) is 10.5. The monoisotopic (exact) mass is 486 g/mol. The van der Waals surface area contributed by atoms with Gasteiger partial charge in [-0.05, 0) is 36.2 Å². The van der Waals surface area contributed by atoms with Crippen molar-refractivity contribution >= 4 is 49.5 Å². The van der Waals surface area contributed by atoms with Crippen molar-refractivity contribution in [3.63, 3.8) is 0 Å². The highest BCUT2D eigenvalue weighted by Crippen LogP contribution is 2.29. The van der Waals surface area contributed by atoms with Crippen LogP contribution < -0.4 is 10.2 Å². The summed E-state index contributed by atoms with van der Waals surface area (Å²) >= 11 is 0.794. The van der Waals surface area contributed by atoms with Gasteiger partial charge < -0.3 is 10.2 Å². The Hall–Kier alpha value is -3.64. The van der Waals surface area contributed by atoms with Crippen LogP contribution in [0, 0.1) is 10.1 Å². The summed E-state index contributed by atoms with van der Waals surface area (Å²) < 4.78 is 25.4. The standard InChI is InChI=1S/C21H18N4O6S2/c26-18(12-14-3-5-15(6-4-14)24-11-1-2-19(24)27)23-21-22-13-20(32-21)33(30,31)17-9-7-16(8-10-17)25(28)29/h3-10,13H,1-2,11-12H2,(H,22,23,26).